The number of imide groups is 1. The first-order valence-corrected chi connectivity index (χ1v) is 5.79. The van der Waals surface area contributed by atoms with Crippen LogP contribution in [-0.4, -0.2) is 29.4 Å². The summed E-state index contributed by atoms with van der Waals surface area (Å²) in [6.07, 6.45) is -1.01. The van der Waals surface area contributed by atoms with Crippen LogP contribution in [0.2, 0.25) is 0 Å². The van der Waals surface area contributed by atoms with Crippen LogP contribution in [0.4, 0.5) is 5.69 Å². The molecule has 1 saturated heterocycles. The molecule has 1 aromatic rings. The van der Waals surface area contributed by atoms with E-state index in [0.717, 1.165) is 4.90 Å². The van der Waals surface area contributed by atoms with E-state index in [4.69, 9.17) is 4.84 Å². The van der Waals surface area contributed by atoms with Crippen molar-refractivity contribution in [3.8, 4) is 0 Å². The Morgan fingerprint density at radius 2 is 1.89 bits per heavy atom. The van der Waals surface area contributed by atoms with Gasteiger partial charge in [0.1, 0.15) is 11.6 Å². The van der Waals surface area contributed by atoms with Crippen molar-refractivity contribution >= 4 is 29.0 Å². The first kappa shape index (κ1) is 11.6. The molecule has 0 N–H and O–H groups in total. The monoisotopic (exact) mass is 258 g/mol. The third-order valence-electron chi connectivity index (χ3n) is 3.19. The van der Waals surface area contributed by atoms with Crippen molar-refractivity contribution in [3.05, 3.63) is 30.3 Å². The second-order valence-electron chi connectivity index (χ2n) is 4.38. The van der Waals surface area contributed by atoms with Crippen molar-refractivity contribution < 1.29 is 19.2 Å². The maximum absolute atomic E-state index is 12.3. The summed E-state index contributed by atoms with van der Waals surface area (Å²) in [5, 5.41) is 3.55. The zero-order valence-corrected chi connectivity index (χ0v) is 10.1. The third kappa shape index (κ3) is 1.56. The van der Waals surface area contributed by atoms with E-state index in [1.54, 1.807) is 30.3 Å². The molecular weight excluding hydrogens is 248 g/mol. The number of carbonyl (C=O) groups excluding carboxylic acids is 3. The van der Waals surface area contributed by atoms with Crippen molar-refractivity contribution in [2.24, 2.45) is 11.1 Å². The van der Waals surface area contributed by atoms with Gasteiger partial charge in [0, 0.05) is 6.92 Å². The number of fused-ring (bicyclic) bond motifs is 1. The molecule has 6 heteroatoms. The number of oxime groups is 1. The first-order valence-electron chi connectivity index (χ1n) is 5.79. The normalized spacial score (nSPS) is 25.1. The second kappa shape index (κ2) is 4.01. The Hall–Kier alpha value is -2.50. The predicted octanol–water partition coefficient (Wildman–Crippen LogP) is 0.520. The topological polar surface area (TPSA) is 76.0 Å². The molecular formula is C13H10N2O4. The zero-order chi connectivity index (χ0) is 13.6. The lowest BCUT2D eigenvalue weighted by Gasteiger charge is -2.14. The molecule has 2 aliphatic rings. The van der Waals surface area contributed by atoms with Gasteiger partial charge in [0.25, 0.3) is 5.91 Å². The summed E-state index contributed by atoms with van der Waals surface area (Å²) < 4.78 is 0. The number of carbonyl (C=O) groups is 3. The van der Waals surface area contributed by atoms with Crippen molar-refractivity contribution in [1.29, 1.82) is 0 Å². The minimum absolute atomic E-state index is 0.0155. The fourth-order valence-electron chi connectivity index (χ4n) is 2.30. The summed E-state index contributed by atoms with van der Waals surface area (Å²) in [6.45, 7) is 1.30. The second-order valence-corrected chi connectivity index (χ2v) is 4.38. The first-order chi connectivity index (χ1) is 9.11. The molecule has 3 rings (SSSR count). The fourth-order valence-corrected chi connectivity index (χ4v) is 2.30. The van der Waals surface area contributed by atoms with Crippen LogP contribution in [0.25, 0.3) is 0 Å². The van der Waals surface area contributed by atoms with Gasteiger partial charge in [0.05, 0.1) is 5.69 Å². The summed E-state index contributed by atoms with van der Waals surface area (Å²) in [5.74, 6) is -2.22. The number of benzene rings is 1. The highest BCUT2D eigenvalue weighted by Gasteiger charge is 2.56. The van der Waals surface area contributed by atoms with Crippen LogP contribution in [-0.2, 0) is 19.2 Å². The number of hydrogen-bond donors (Lipinski definition) is 0. The van der Waals surface area contributed by atoms with Gasteiger partial charge in [-0.1, -0.05) is 23.4 Å². The van der Waals surface area contributed by atoms with Crippen molar-refractivity contribution in [2.45, 2.75) is 13.0 Å². The van der Waals surface area contributed by atoms with Crippen LogP contribution in [0, 0.1) is 5.92 Å². The largest absolute Gasteiger partial charge is 0.381 e. The van der Waals surface area contributed by atoms with Gasteiger partial charge < -0.3 is 4.84 Å². The maximum Gasteiger partial charge on any atom is 0.278 e. The van der Waals surface area contributed by atoms with E-state index in [0.29, 0.717) is 5.69 Å². The molecule has 1 aromatic carbocycles. The Labute approximate surface area is 108 Å². The van der Waals surface area contributed by atoms with Gasteiger partial charge in [0.15, 0.2) is 5.78 Å². The number of para-hydroxylation sites is 1. The van der Waals surface area contributed by atoms with Gasteiger partial charge in [-0.3, -0.25) is 14.4 Å². The molecule has 2 aliphatic heterocycles. The molecule has 19 heavy (non-hydrogen) atoms. The molecule has 0 radical (unpaired) electrons. The SMILES string of the molecule is CC(=O)C1=NO[C@@H]2C(=O)N(c3ccccc3)C(=O)[C@H]12. The van der Waals surface area contributed by atoms with Gasteiger partial charge in [-0.15, -0.1) is 0 Å². The molecule has 6 nitrogen and oxygen atoms in total. The van der Waals surface area contributed by atoms with Crippen molar-refractivity contribution in [2.75, 3.05) is 4.90 Å². The van der Waals surface area contributed by atoms with Gasteiger partial charge in [-0.2, -0.15) is 0 Å². The van der Waals surface area contributed by atoms with Crippen LogP contribution >= 0.6 is 0 Å². The number of rotatable bonds is 2. The summed E-state index contributed by atoms with van der Waals surface area (Å²) in [4.78, 5) is 41.8. The van der Waals surface area contributed by atoms with E-state index in [-0.39, 0.29) is 11.5 Å². The Morgan fingerprint density at radius 3 is 2.53 bits per heavy atom. The molecule has 0 bridgehead atoms. The average Bonchev–Trinajstić information content (AvgIpc) is 2.93. The highest BCUT2D eigenvalue weighted by molar-refractivity contribution is 6.47. The summed E-state index contributed by atoms with van der Waals surface area (Å²) in [5.41, 5.74) is 0.486. The standard InChI is InChI=1S/C13H10N2O4/c1-7(16)10-9-11(19-14-10)13(18)15(12(9)17)8-5-3-2-4-6-8/h2-6,9,11H,1H3/t9-,11+/m1/s1. The summed E-state index contributed by atoms with van der Waals surface area (Å²) in [6, 6.07) is 8.55. The Morgan fingerprint density at radius 1 is 1.21 bits per heavy atom. The Bertz CT molecular complexity index is 608. The van der Waals surface area contributed by atoms with Crippen LogP contribution in [0.5, 0.6) is 0 Å². The van der Waals surface area contributed by atoms with E-state index in [2.05, 4.69) is 5.16 Å². The third-order valence-corrected chi connectivity index (χ3v) is 3.19. The molecule has 2 atom stereocenters. The van der Waals surface area contributed by atoms with E-state index in [9.17, 15) is 14.4 Å². The fraction of sp³-hybridized carbons (Fsp3) is 0.231. The lowest BCUT2D eigenvalue weighted by atomic mass is 9.97. The molecule has 2 heterocycles. The van der Waals surface area contributed by atoms with Gasteiger partial charge >= 0.3 is 0 Å². The quantitative estimate of drug-likeness (QED) is 0.725. The van der Waals surface area contributed by atoms with Crippen molar-refractivity contribution in [1.82, 2.24) is 0 Å². The van der Waals surface area contributed by atoms with Gasteiger partial charge in [-0.05, 0) is 12.1 Å². The van der Waals surface area contributed by atoms with Gasteiger partial charge in [-0.25, -0.2) is 4.90 Å². The molecule has 0 unspecified atom stereocenters. The predicted molar refractivity (Wildman–Crippen MR) is 65.4 cm³/mol. The zero-order valence-electron chi connectivity index (χ0n) is 10.1. The minimum atomic E-state index is -1.01. The van der Waals surface area contributed by atoms with E-state index in [1.807, 2.05) is 0 Å². The molecule has 0 saturated carbocycles. The summed E-state index contributed by atoms with van der Waals surface area (Å²) >= 11 is 0. The molecule has 2 amide bonds. The highest BCUT2D eigenvalue weighted by Crippen LogP contribution is 2.33. The lowest BCUT2D eigenvalue weighted by Crippen LogP contribution is -2.33. The lowest BCUT2D eigenvalue weighted by molar-refractivity contribution is -0.126. The number of ketones is 1. The number of anilines is 1. The highest BCUT2D eigenvalue weighted by atomic mass is 16.7. The van der Waals surface area contributed by atoms with E-state index >= 15 is 0 Å². The molecule has 96 valence electrons. The number of nitrogens with zero attached hydrogens (tertiary/aromatic N) is 2. The molecule has 0 spiro atoms. The van der Waals surface area contributed by atoms with Crippen LogP contribution in [0.1, 0.15) is 6.92 Å². The summed E-state index contributed by atoms with van der Waals surface area (Å²) in [7, 11) is 0. The van der Waals surface area contributed by atoms with E-state index < -0.39 is 23.8 Å². The Kier molecular flexibility index (Phi) is 2.45. The number of hydrogen-bond acceptors (Lipinski definition) is 5. The molecule has 1 fully saturated rings. The van der Waals surface area contributed by atoms with Crippen LogP contribution in [0.15, 0.2) is 35.5 Å². The average molecular weight is 258 g/mol. The van der Waals surface area contributed by atoms with Crippen molar-refractivity contribution in [3.63, 3.8) is 0 Å². The number of amides is 2. The maximum atomic E-state index is 12.3. The van der Waals surface area contributed by atoms with Crippen LogP contribution in [0.3, 0.4) is 0 Å². The Balaban J connectivity index is 2.00. The smallest absolute Gasteiger partial charge is 0.278 e. The minimum Gasteiger partial charge on any atom is -0.381 e. The van der Waals surface area contributed by atoms with Gasteiger partial charge in [0.2, 0.25) is 12.0 Å². The number of Topliss-reactive ketones (excluding diaryl/α,β-unsaturated/α-hetero) is 1. The molecule has 0 aromatic heterocycles. The van der Waals surface area contributed by atoms with E-state index in [1.165, 1.54) is 6.92 Å². The molecule has 0 aliphatic carbocycles. The van der Waals surface area contributed by atoms with Crippen LogP contribution < -0.4 is 4.90 Å².